The van der Waals surface area contributed by atoms with Crippen LogP contribution in [0.1, 0.15) is 64.7 Å². The summed E-state index contributed by atoms with van der Waals surface area (Å²) in [6.45, 7) is 2.79. The molecule has 0 N–H and O–H groups in total. The van der Waals surface area contributed by atoms with Crippen LogP contribution in [0.25, 0.3) is 0 Å². The second-order valence-electron chi connectivity index (χ2n) is 4.47. The number of unbranched alkanes of at least 4 members (excludes halogenated alkanes) is 7. The fraction of sp³-hybridized carbons (Fsp3) is 1.00. The van der Waals surface area contributed by atoms with Crippen LogP contribution in [0.15, 0.2) is 0 Å². The third-order valence-corrected chi connectivity index (χ3v) is 4.53. The van der Waals surface area contributed by atoms with Gasteiger partial charge in [0.1, 0.15) is 0 Å². The van der Waals surface area contributed by atoms with Crippen molar-refractivity contribution in [1.82, 2.24) is 0 Å². The molecule has 2 atom stereocenters. The first-order chi connectivity index (χ1) is 7.83. The van der Waals surface area contributed by atoms with Crippen LogP contribution >= 0.6 is 0 Å². The molecule has 1 aliphatic rings. The average molecular weight is 295 g/mol. The fourth-order valence-electron chi connectivity index (χ4n) is 1.94. The third kappa shape index (κ3) is 6.74. The maximum absolute atomic E-state index is 10.9. The first kappa shape index (κ1) is 14.3. The van der Waals surface area contributed by atoms with E-state index in [0.29, 0.717) is 6.61 Å². The van der Waals surface area contributed by atoms with Crippen LogP contribution in [0.2, 0.25) is 0 Å². The monoisotopic (exact) mass is 296 g/mol. The molecule has 1 saturated heterocycles. The van der Waals surface area contributed by atoms with Crippen molar-refractivity contribution in [2.75, 3.05) is 6.61 Å². The number of hydrogen-bond donors (Lipinski definition) is 0. The average Bonchev–Trinajstić information content (AvgIpc) is 2.68. The van der Waals surface area contributed by atoms with E-state index in [-0.39, 0.29) is 6.10 Å². The fourth-order valence-corrected chi connectivity index (χ4v) is 3.39. The normalized spacial score (nSPS) is 25.1. The van der Waals surface area contributed by atoms with Crippen molar-refractivity contribution >= 4 is 14.5 Å². The summed E-state index contributed by atoms with van der Waals surface area (Å²) in [6, 6.07) is 0. The molecule has 0 aliphatic carbocycles. The minimum atomic E-state index is -2.31. The Balaban J connectivity index is 1.79. The van der Waals surface area contributed by atoms with E-state index in [0.717, 1.165) is 6.42 Å². The Labute approximate surface area is 104 Å². The molecule has 0 bridgehead atoms. The van der Waals surface area contributed by atoms with Crippen molar-refractivity contribution in [3.8, 4) is 0 Å². The molecular weight excluding hydrogens is 271 g/mol. The predicted octanol–water partition coefficient (Wildman–Crippen LogP) is 3.35. The number of rotatable bonds is 9. The van der Waals surface area contributed by atoms with E-state index in [9.17, 15) is 3.83 Å². The van der Waals surface area contributed by atoms with Gasteiger partial charge in [-0.3, -0.25) is 0 Å². The summed E-state index contributed by atoms with van der Waals surface area (Å²) >= 11 is -2.31. The molecular formula is C12H24O3Se. The van der Waals surface area contributed by atoms with E-state index < -0.39 is 14.5 Å². The molecule has 0 aromatic heterocycles. The molecule has 3 nitrogen and oxygen atoms in total. The van der Waals surface area contributed by atoms with E-state index in [2.05, 4.69) is 6.92 Å². The Morgan fingerprint density at radius 2 is 1.69 bits per heavy atom. The van der Waals surface area contributed by atoms with Gasteiger partial charge in [0.25, 0.3) is 0 Å². The SMILES string of the molecule is CCCCCCCCCCC1CO[Se](=O)O1. The summed E-state index contributed by atoms with van der Waals surface area (Å²) in [5, 5.41) is 0. The van der Waals surface area contributed by atoms with Crippen molar-refractivity contribution < 1.29 is 11.5 Å². The van der Waals surface area contributed by atoms with Gasteiger partial charge in [-0.1, -0.05) is 0 Å². The summed E-state index contributed by atoms with van der Waals surface area (Å²) in [5.41, 5.74) is 0. The molecule has 0 saturated carbocycles. The van der Waals surface area contributed by atoms with Crippen LogP contribution in [0.4, 0.5) is 0 Å². The second-order valence-corrected chi connectivity index (χ2v) is 6.23. The standard InChI is InChI=1S/C12H24O3Se/c1-2-3-4-5-6-7-8-9-10-12-11-14-16(13)15-12/h12H,2-11H2,1H3. The van der Waals surface area contributed by atoms with E-state index in [1.54, 1.807) is 0 Å². The molecule has 1 fully saturated rings. The molecule has 0 amide bonds. The van der Waals surface area contributed by atoms with Gasteiger partial charge in [-0.25, -0.2) is 0 Å². The first-order valence-electron chi connectivity index (χ1n) is 6.55. The van der Waals surface area contributed by atoms with Gasteiger partial charge in [-0.15, -0.1) is 0 Å². The minimum absolute atomic E-state index is 0.114. The van der Waals surface area contributed by atoms with Gasteiger partial charge in [-0.05, 0) is 0 Å². The molecule has 1 rings (SSSR count). The molecule has 0 spiro atoms. The van der Waals surface area contributed by atoms with Gasteiger partial charge in [0.05, 0.1) is 0 Å². The summed E-state index contributed by atoms with van der Waals surface area (Å²) in [5.74, 6) is 0. The van der Waals surface area contributed by atoms with Gasteiger partial charge in [-0.2, -0.15) is 0 Å². The molecule has 0 aromatic carbocycles. The molecule has 16 heavy (non-hydrogen) atoms. The summed E-state index contributed by atoms with van der Waals surface area (Å²) in [7, 11) is 0. The van der Waals surface area contributed by atoms with Gasteiger partial charge in [0.15, 0.2) is 0 Å². The van der Waals surface area contributed by atoms with E-state index in [4.69, 9.17) is 7.64 Å². The Bertz CT molecular complexity index is 197. The molecule has 4 heteroatoms. The van der Waals surface area contributed by atoms with Crippen molar-refractivity contribution in [1.29, 1.82) is 0 Å². The zero-order valence-corrected chi connectivity index (χ0v) is 12.0. The topological polar surface area (TPSA) is 35.5 Å². The van der Waals surface area contributed by atoms with Crippen molar-refractivity contribution in [3.05, 3.63) is 0 Å². The zero-order chi connectivity index (χ0) is 11.6. The molecule has 0 radical (unpaired) electrons. The Morgan fingerprint density at radius 3 is 2.25 bits per heavy atom. The molecule has 1 heterocycles. The maximum atomic E-state index is 10.9. The Morgan fingerprint density at radius 1 is 1.06 bits per heavy atom. The zero-order valence-electron chi connectivity index (χ0n) is 10.3. The van der Waals surface area contributed by atoms with Gasteiger partial charge < -0.3 is 0 Å². The predicted molar refractivity (Wildman–Crippen MR) is 64.5 cm³/mol. The Kier molecular flexibility index (Phi) is 8.30. The quantitative estimate of drug-likeness (QED) is 0.483. The van der Waals surface area contributed by atoms with E-state index >= 15 is 0 Å². The van der Waals surface area contributed by atoms with Gasteiger partial charge in [0, 0.05) is 0 Å². The van der Waals surface area contributed by atoms with Gasteiger partial charge >= 0.3 is 103 Å². The van der Waals surface area contributed by atoms with Crippen molar-refractivity contribution in [2.24, 2.45) is 0 Å². The third-order valence-electron chi connectivity index (χ3n) is 2.94. The molecule has 0 aromatic rings. The van der Waals surface area contributed by atoms with Gasteiger partial charge in [0.2, 0.25) is 0 Å². The number of hydrogen-bond acceptors (Lipinski definition) is 3. The van der Waals surface area contributed by atoms with Crippen LogP contribution < -0.4 is 0 Å². The van der Waals surface area contributed by atoms with Crippen LogP contribution in [0, 0.1) is 0 Å². The first-order valence-corrected chi connectivity index (χ1v) is 8.65. The second kappa shape index (κ2) is 9.29. The van der Waals surface area contributed by atoms with Crippen molar-refractivity contribution in [2.45, 2.75) is 70.8 Å². The van der Waals surface area contributed by atoms with Crippen LogP contribution in [0.5, 0.6) is 0 Å². The molecule has 96 valence electrons. The summed E-state index contributed by atoms with van der Waals surface area (Å²) in [6.07, 6.45) is 11.7. The van der Waals surface area contributed by atoms with Crippen LogP contribution in [0.3, 0.4) is 0 Å². The summed E-state index contributed by atoms with van der Waals surface area (Å²) in [4.78, 5) is 0. The Hall–Kier alpha value is 0.239. The molecule has 1 aliphatic heterocycles. The van der Waals surface area contributed by atoms with E-state index in [1.165, 1.54) is 51.4 Å². The molecule has 2 unspecified atom stereocenters. The van der Waals surface area contributed by atoms with Crippen LogP contribution in [-0.2, 0) is 11.5 Å². The van der Waals surface area contributed by atoms with Crippen LogP contribution in [-0.4, -0.2) is 27.2 Å². The van der Waals surface area contributed by atoms with Crippen molar-refractivity contribution in [3.63, 3.8) is 0 Å². The van der Waals surface area contributed by atoms with E-state index in [1.807, 2.05) is 0 Å². The summed E-state index contributed by atoms with van der Waals surface area (Å²) < 4.78 is 21.0.